The molecule has 1 aromatic carbocycles. The van der Waals surface area contributed by atoms with Gasteiger partial charge in [0.25, 0.3) is 0 Å². The highest BCUT2D eigenvalue weighted by molar-refractivity contribution is 7.80. The van der Waals surface area contributed by atoms with E-state index < -0.39 is 0 Å². The van der Waals surface area contributed by atoms with Crippen molar-refractivity contribution in [1.82, 2.24) is 24.7 Å². The van der Waals surface area contributed by atoms with Crippen LogP contribution in [0.2, 0.25) is 0 Å². The summed E-state index contributed by atoms with van der Waals surface area (Å²) in [6.07, 6.45) is 2.92. The molecule has 40 heavy (non-hydrogen) atoms. The Bertz CT molecular complexity index is 1290. The van der Waals surface area contributed by atoms with Crippen LogP contribution >= 0.6 is 12.2 Å². The van der Waals surface area contributed by atoms with Crippen LogP contribution < -0.4 is 10.2 Å². The third-order valence-corrected chi connectivity index (χ3v) is 8.80. The third kappa shape index (κ3) is 5.61. The van der Waals surface area contributed by atoms with Gasteiger partial charge in [-0.2, -0.15) is 0 Å². The average Bonchev–Trinajstić information content (AvgIpc) is 3.48. The van der Waals surface area contributed by atoms with Gasteiger partial charge in [-0.3, -0.25) is 9.88 Å². The van der Waals surface area contributed by atoms with E-state index in [0.29, 0.717) is 0 Å². The summed E-state index contributed by atoms with van der Waals surface area (Å²) in [6, 6.07) is 17.5. The van der Waals surface area contributed by atoms with E-state index in [1.165, 1.54) is 28.3 Å². The number of aryl methyl sites for hydroxylation is 1. The minimum atomic E-state index is -0.00488. The molecule has 1 N–H and O–H groups in total. The van der Waals surface area contributed by atoms with Gasteiger partial charge in [-0.25, -0.2) is 0 Å². The van der Waals surface area contributed by atoms with Gasteiger partial charge in [0.05, 0.1) is 44.2 Å². The third-order valence-electron chi connectivity index (χ3n) is 8.45. The lowest BCUT2D eigenvalue weighted by atomic mass is 9.96. The SMILES string of the molecule is Cc1cc([C@@H]2[C@@H](c3ccccn3)NC(=S)N2CCCN2CCOCC2)c(C)n1-c1ccc(N2CCOCC2)cc1. The first-order valence-electron chi connectivity index (χ1n) is 14.5. The van der Waals surface area contributed by atoms with Crippen LogP contribution in [0.5, 0.6) is 0 Å². The van der Waals surface area contributed by atoms with Crippen molar-refractivity contribution in [3.8, 4) is 5.69 Å². The Morgan fingerprint density at radius 3 is 2.30 bits per heavy atom. The molecule has 2 aromatic heterocycles. The summed E-state index contributed by atoms with van der Waals surface area (Å²) >= 11 is 5.95. The molecule has 0 saturated carbocycles. The first-order valence-corrected chi connectivity index (χ1v) is 14.9. The highest BCUT2D eigenvalue weighted by Gasteiger charge is 2.41. The Morgan fingerprint density at radius 2 is 1.60 bits per heavy atom. The van der Waals surface area contributed by atoms with Crippen molar-refractivity contribution in [3.05, 3.63) is 77.4 Å². The number of anilines is 1. The van der Waals surface area contributed by atoms with Gasteiger partial charge in [-0.1, -0.05) is 6.07 Å². The van der Waals surface area contributed by atoms with Crippen molar-refractivity contribution in [2.24, 2.45) is 0 Å². The van der Waals surface area contributed by atoms with Crippen molar-refractivity contribution in [3.63, 3.8) is 0 Å². The molecular weight excluding hydrogens is 520 g/mol. The van der Waals surface area contributed by atoms with Crippen molar-refractivity contribution in [2.75, 3.05) is 70.6 Å². The Kier molecular flexibility index (Phi) is 8.34. The predicted octanol–water partition coefficient (Wildman–Crippen LogP) is 4.02. The summed E-state index contributed by atoms with van der Waals surface area (Å²) in [5.41, 5.74) is 7.21. The van der Waals surface area contributed by atoms with E-state index in [9.17, 15) is 0 Å². The lowest BCUT2D eigenvalue weighted by molar-refractivity contribution is 0.0365. The van der Waals surface area contributed by atoms with Crippen molar-refractivity contribution < 1.29 is 9.47 Å². The van der Waals surface area contributed by atoms with Gasteiger partial charge in [0.1, 0.15) is 0 Å². The Balaban J connectivity index is 1.28. The maximum atomic E-state index is 5.95. The summed E-state index contributed by atoms with van der Waals surface area (Å²) < 4.78 is 13.4. The molecule has 0 spiro atoms. The van der Waals surface area contributed by atoms with Crippen molar-refractivity contribution >= 4 is 23.0 Å². The molecule has 0 unspecified atom stereocenters. The minimum Gasteiger partial charge on any atom is -0.379 e. The highest BCUT2D eigenvalue weighted by atomic mass is 32.1. The van der Waals surface area contributed by atoms with E-state index in [1.807, 2.05) is 12.3 Å². The lowest BCUT2D eigenvalue weighted by Gasteiger charge is -2.30. The van der Waals surface area contributed by atoms with Crippen LogP contribution in [-0.4, -0.2) is 90.2 Å². The number of nitrogens with zero attached hydrogens (tertiary/aromatic N) is 5. The number of benzene rings is 1. The first-order chi connectivity index (χ1) is 19.6. The molecule has 3 aliphatic rings. The molecule has 2 atom stereocenters. The fourth-order valence-electron chi connectivity index (χ4n) is 6.39. The van der Waals surface area contributed by atoms with Crippen LogP contribution in [-0.2, 0) is 9.47 Å². The molecule has 5 heterocycles. The Labute approximate surface area is 242 Å². The molecule has 3 aliphatic heterocycles. The minimum absolute atomic E-state index is 0.00488. The number of hydrogen-bond acceptors (Lipinski definition) is 6. The maximum absolute atomic E-state index is 5.95. The lowest BCUT2D eigenvalue weighted by Crippen LogP contribution is -2.39. The zero-order valence-electron chi connectivity index (χ0n) is 23.6. The molecule has 3 saturated heterocycles. The standard InChI is InChI=1S/C31H40N6O2S/c1-23-22-27(24(2)37(23)26-9-7-25(8-10-26)35-16-20-39-21-17-35)30-29(28-6-3-4-11-32-28)33-31(40)36(30)13-5-12-34-14-18-38-19-15-34/h3-4,6-11,22,29-30H,5,12-21H2,1-2H3,(H,33,40)/t29-,30-/m1/s1. The van der Waals surface area contributed by atoms with Crippen LogP contribution in [0.1, 0.15) is 41.1 Å². The van der Waals surface area contributed by atoms with E-state index in [0.717, 1.165) is 82.9 Å². The molecule has 0 aliphatic carbocycles. The number of ether oxygens (including phenoxy) is 2. The number of rotatable bonds is 8. The van der Waals surface area contributed by atoms with Gasteiger partial charge in [0.2, 0.25) is 0 Å². The van der Waals surface area contributed by atoms with Gasteiger partial charge in [-0.15, -0.1) is 0 Å². The molecule has 3 aromatic rings. The van der Waals surface area contributed by atoms with Crippen LogP contribution in [0.25, 0.3) is 5.69 Å². The molecule has 8 nitrogen and oxygen atoms in total. The van der Waals surface area contributed by atoms with E-state index in [-0.39, 0.29) is 12.1 Å². The van der Waals surface area contributed by atoms with E-state index >= 15 is 0 Å². The normalized spacial score (nSPS) is 22.1. The van der Waals surface area contributed by atoms with Crippen molar-refractivity contribution in [1.29, 1.82) is 0 Å². The molecule has 0 bridgehead atoms. The predicted molar refractivity (Wildman–Crippen MR) is 162 cm³/mol. The summed E-state index contributed by atoms with van der Waals surface area (Å²) in [5.74, 6) is 0. The molecule has 212 valence electrons. The van der Waals surface area contributed by atoms with Gasteiger partial charge < -0.3 is 29.2 Å². The second-order valence-electron chi connectivity index (χ2n) is 10.9. The topological polar surface area (TPSA) is 58.0 Å². The molecule has 3 fully saturated rings. The zero-order chi connectivity index (χ0) is 27.5. The quantitative estimate of drug-likeness (QED) is 0.415. The summed E-state index contributed by atoms with van der Waals surface area (Å²) in [6.45, 7) is 13.5. The first kappa shape index (κ1) is 27.2. The molecule has 6 rings (SSSR count). The highest BCUT2D eigenvalue weighted by Crippen LogP contribution is 2.41. The van der Waals surface area contributed by atoms with Crippen LogP contribution in [0.3, 0.4) is 0 Å². The van der Waals surface area contributed by atoms with Gasteiger partial charge in [0.15, 0.2) is 5.11 Å². The molecule has 9 heteroatoms. The zero-order valence-corrected chi connectivity index (χ0v) is 24.4. The summed E-state index contributed by atoms with van der Waals surface area (Å²) in [4.78, 5) is 12.0. The smallest absolute Gasteiger partial charge is 0.170 e. The van der Waals surface area contributed by atoms with Gasteiger partial charge in [-0.05, 0) is 80.5 Å². The molecule has 0 amide bonds. The fourth-order valence-corrected chi connectivity index (χ4v) is 6.72. The Hall–Kier alpha value is -2.98. The van der Waals surface area contributed by atoms with E-state index in [2.05, 4.69) is 80.9 Å². The van der Waals surface area contributed by atoms with Gasteiger partial charge in [0, 0.05) is 68.2 Å². The number of pyridine rings is 1. The van der Waals surface area contributed by atoms with E-state index in [4.69, 9.17) is 26.7 Å². The van der Waals surface area contributed by atoms with Gasteiger partial charge >= 0.3 is 0 Å². The second-order valence-corrected chi connectivity index (χ2v) is 11.3. The average molecular weight is 561 g/mol. The second kappa shape index (κ2) is 12.3. The fraction of sp³-hybridized carbons (Fsp3) is 0.484. The largest absolute Gasteiger partial charge is 0.379 e. The number of morpholine rings is 2. The number of hydrogen-bond donors (Lipinski definition) is 1. The number of nitrogens with one attached hydrogen (secondary N) is 1. The number of aromatic nitrogens is 2. The van der Waals surface area contributed by atoms with E-state index in [1.54, 1.807) is 0 Å². The van der Waals surface area contributed by atoms with Crippen LogP contribution in [0, 0.1) is 13.8 Å². The summed E-state index contributed by atoms with van der Waals surface area (Å²) in [5, 5.41) is 4.44. The molecular formula is C31H40N6O2S. The monoisotopic (exact) mass is 560 g/mol. The molecule has 0 radical (unpaired) electrons. The number of thiocarbonyl (C=S) groups is 1. The Morgan fingerprint density at radius 1 is 0.900 bits per heavy atom. The van der Waals surface area contributed by atoms with Crippen LogP contribution in [0.15, 0.2) is 54.7 Å². The maximum Gasteiger partial charge on any atom is 0.170 e. The van der Waals surface area contributed by atoms with Crippen LogP contribution in [0.4, 0.5) is 5.69 Å². The van der Waals surface area contributed by atoms with Crippen molar-refractivity contribution in [2.45, 2.75) is 32.4 Å². The summed E-state index contributed by atoms with van der Waals surface area (Å²) in [7, 11) is 0.